The Morgan fingerprint density at radius 2 is 2.00 bits per heavy atom. The van der Waals surface area contributed by atoms with Crippen molar-refractivity contribution in [3.8, 4) is 0 Å². The van der Waals surface area contributed by atoms with Crippen molar-refractivity contribution in [2.45, 2.75) is 6.54 Å². The second-order valence-corrected chi connectivity index (χ2v) is 4.17. The normalized spacial score (nSPS) is 10.7. The summed E-state index contributed by atoms with van der Waals surface area (Å²) in [6, 6.07) is 12.1. The highest BCUT2D eigenvalue weighted by atomic mass is 15.1. The molecule has 3 rings (SSSR count). The SMILES string of the molecule is Cn1c(CNc2ccccc2)nc2ccncc21. The van der Waals surface area contributed by atoms with Gasteiger partial charge in [-0.05, 0) is 18.2 Å². The third-order valence-corrected chi connectivity index (χ3v) is 3.00. The van der Waals surface area contributed by atoms with Gasteiger partial charge in [0.2, 0.25) is 0 Å². The number of nitrogens with one attached hydrogen (secondary N) is 1. The lowest BCUT2D eigenvalue weighted by Gasteiger charge is -2.06. The molecule has 90 valence electrons. The Balaban J connectivity index is 1.85. The maximum absolute atomic E-state index is 4.59. The molecule has 2 heterocycles. The van der Waals surface area contributed by atoms with Gasteiger partial charge in [-0.15, -0.1) is 0 Å². The highest BCUT2D eigenvalue weighted by Gasteiger charge is 2.06. The van der Waals surface area contributed by atoms with Gasteiger partial charge in [0.05, 0.1) is 23.8 Å². The van der Waals surface area contributed by atoms with Gasteiger partial charge in [-0.2, -0.15) is 0 Å². The topological polar surface area (TPSA) is 42.7 Å². The Morgan fingerprint density at radius 1 is 1.17 bits per heavy atom. The van der Waals surface area contributed by atoms with Crippen LogP contribution in [0.4, 0.5) is 5.69 Å². The smallest absolute Gasteiger partial charge is 0.129 e. The first-order valence-electron chi connectivity index (χ1n) is 5.89. The van der Waals surface area contributed by atoms with E-state index in [2.05, 4.69) is 19.9 Å². The second-order valence-electron chi connectivity index (χ2n) is 4.17. The summed E-state index contributed by atoms with van der Waals surface area (Å²) < 4.78 is 2.07. The fourth-order valence-corrected chi connectivity index (χ4v) is 1.98. The van der Waals surface area contributed by atoms with Crippen molar-refractivity contribution in [3.05, 3.63) is 54.6 Å². The minimum atomic E-state index is 0.704. The third-order valence-electron chi connectivity index (χ3n) is 3.00. The van der Waals surface area contributed by atoms with E-state index in [1.54, 1.807) is 6.20 Å². The standard InChI is InChI=1S/C14H14N4/c1-18-13-9-15-8-7-12(13)17-14(18)10-16-11-5-3-2-4-6-11/h2-9,16H,10H2,1H3. The van der Waals surface area contributed by atoms with E-state index in [1.165, 1.54) is 0 Å². The van der Waals surface area contributed by atoms with Crippen molar-refractivity contribution < 1.29 is 0 Å². The molecule has 0 saturated carbocycles. The molecule has 0 saturated heterocycles. The lowest BCUT2D eigenvalue weighted by molar-refractivity contribution is 0.833. The van der Waals surface area contributed by atoms with Crippen LogP contribution in [0.25, 0.3) is 11.0 Å². The van der Waals surface area contributed by atoms with Crippen LogP contribution in [0.1, 0.15) is 5.82 Å². The summed E-state index contributed by atoms with van der Waals surface area (Å²) in [7, 11) is 2.01. The number of hydrogen-bond acceptors (Lipinski definition) is 3. The Morgan fingerprint density at radius 3 is 2.78 bits per heavy atom. The molecule has 3 aromatic rings. The van der Waals surface area contributed by atoms with Gasteiger partial charge in [0.15, 0.2) is 0 Å². The lowest BCUT2D eigenvalue weighted by atomic mass is 10.3. The molecule has 1 N–H and O–H groups in total. The number of para-hydroxylation sites is 1. The average molecular weight is 238 g/mol. The molecule has 0 aliphatic carbocycles. The Kier molecular flexibility index (Phi) is 2.68. The van der Waals surface area contributed by atoms with Crippen LogP contribution < -0.4 is 5.32 Å². The minimum absolute atomic E-state index is 0.704. The summed E-state index contributed by atoms with van der Waals surface area (Å²) in [6.45, 7) is 0.704. The fraction of sp³-hybridized carbons (Fsp3) is 0.143. The van der Waals surface area contributed by atoms with E-state index >= 15 is 0 Å². The van der Waals surface area contributed by atoms with Crippen molar-refractivity contribution in [1.82, 2.24) is 14.5 Å². The van der Waals surface area contributed by atoms with Crippen LogP contribution >= 0.6 is 0 Å². The lowest BCUT2D eigenvalue weighted by Crippen LogP contribution is -2.05. The van der Waals surface area contributed by atoms with Crippen LogP contribution in [-0.4, -0.2) is 14.5 Å². The number of imidazole rings is 1. The van der Waals surface area contributed by atoms with Crippen LogP contribution in [0.3, 0.4) is 0 Å². The summed E-state index contributed by atoms with van der Waals surface area (Å²) in [5.41, 5.74) is 3.14. The predicted octanol–water partition coefficient (Wildman–Crippen LogP) is 2.58. The second kappa shape index (κ2) is 4.49. The predicted molar refractivity (Wildman–Crippen MR) is 72.3 cm³/mol. The summed E-state index contributed by atoms with van der Waals surface area (Å²) in [6.07, 6.45) is 3.61. The zero-order chi connectivity index (χ0) is 12.4. The van der Waals surface area contributed by atoms with Crippen LogP contribution in [-0.2, 0) is 13.6 Å². The number of aryl methyl sites for hydroxylation is 1. The van der Waals surface area contributed by atoms with Crippen LogP contribution in [0, 0.1) is 0 Å². The quantitative estimate of drug-likeness (QED) is 0.762. The molecule has 1 aromatic carbocycles. The van der Waals surface area contributed by atoms with Crippen LogP contribution in [0.2, 0.25) is 0 Å². The minimum Gasteiger partial charge on any atom is -0.378 e. The van der Waals surface area contributed by atoms with Crippen molar-refractivity contribution in [3.63, 3.8) is 0 Å². The molecule has 0 spiro atoms. The Bertz CT molecular complexity index is 658. The van der Waals surface area contributed by atoms with Crippen molar-refractivity contribution >= 4 is 16.7 Å². The number of fused-ring (bicyclic) bond motifs is 1. The Labute approximate surface area is 105 Å². The maximum atomic E-state index is 4.59. The number of benzene rings is 1. The number of anilines is 1. The number of rotatable bonds is 3. The van der Waals surface area contributed by atoms with Crippen molar-refractivity contribution in [1.29, 1.82) is 0 Å². The summed E-state index contributed by atoms with van der Waals surface area (Å²) in [5.74, 6) is 1.00. The van der Waals surface area contributed by atoms with Gasteiger partial charge in [-0.3, -0.25) is 4.98 Å². The molecule has 0 amide bonds. The van der Waals surface area contributed by atoms with E-state index in [9.17, 15) is 0 Å². The molecule has 0 aliphatic rings. The number of pyridine rings is 1. The molecule has 0 atom stereocenters. The van der Waals surface area contributed by atoms with Crippen LogP contribution in [0.15, 0.2) is 48.8 Å². The first kappa shape index (κ1) is 10.8. The molecule has 0 radical (unpaired) electrons. The molecule has 2 aromatic heterocycles. The number of aromatic nitrogens is 3. The number of hydrogen-bond donors (Lipinski definition) is 1. The molecule has 0 unspecified atom stereocenters. The van der Waals surface area contributed by atoms with Crippen molar-refractivity contribution in [2.24, 2.45) is 7.05 Å². The van der Waals surface area contributed by atoms with E-state index in [1.807, 2.05) is 49.6 Å². The first-order valence-corrected chi connectivity index (χ1v) is 5.89. The van der Waals surface area contributed by atoms with Gasteiger partial charge >= 0.3 is 0 Å². The van der Waals surface area contributed by atoms with Crippen molar-refractivity contribution in [2.75, 3.05) is 5.32 Å². The summed E-state index contributed by atoms with van der Waals surface area (Å²) in [4.78, 5) is 8.71. The average Bonchev–Trinajstić information content (AvgIpc) is 2.75. The summed E-state index contributed by atoms with van der Waals surface area (Å²) in [5, 5.41) is 3.36. The maximum Gasteiger partial charge on any atom is 0.129 e. The van der Waals surface area contributed by atoms with E-state index in [0.29, 0.717) is 6.54 Å². The largest absolute Gasteiger partial charge is 0.378 e. The zero-order valence-corrected chi connectivity index (χ0v) is 10.2. The monoisotopic (exact) mass is 238 g/mol. The molecule has 4 heteroatoms. The third kappa shape index (κ3) is 1.93. The van der Waals surface area contributed by atoms with Gasteiger partial charge in [-0.1, -0.05) is 18.2 Å². The molecule has 18 heavy (non-hydrogen) atoms. The van der Waals surface area contributed by atoms with Crippen LogP contribution in [0.5, 0.6) is 0 Å². The Hall–Kier alpha value is -2.36. The van der Waals surface area contributed by atoms with Gasteiger partial charge in [0.25, 0.3) is 0 Å². The van der Waals surface area contributed by atoms with E-state index in [4.69, 9.17) is 0 Å². The molecule has 0 bridgehead atoms. The van der Waals surface area contributed by atoms with Gasteiger partial charge in [-0.25, -0.2) is 4.98 Å². The molecular formula is C14H14N4. The number of nitrogens with zero attached hydrogens (tertiary/aromatic N) is 3. The highest BCUT2D eigenvalue weighted by Crippen LogP contribution is 2.14. The zero-order valence-electron chi connectivity index (χ0n) is 10.2. The van der Waals surface area contributed by atoms with E-state index in [-0.39, 0.29) is 0 Å². The van der Waals surface area contributed by atoms with Gasteiger partial charge in [0, 0.05) is 18.9 Å². The first-order chi connectivity index (χ1) is 8.84. The summed E-state index contributed by atoms with van der Waals surface area (Å²) >= 11 is 0. The van der Waals surface area contributed by atoms with Gasteiger partial charge < -0.3 is 9.88 Å². The van der Waals surface area contributed by atoms with E-state index < -0.39 is 0 Å². The highest BCUT2D eigenvalue weighted by molar-refractivity contribution is 5.74. The molecule has 0 aliphatic heterocycles. The van der Waals surface area contributed by atoms with Gasteiger partial charge in [0.1, 0.15) is 5.82 Å². The van der Waals surface area contributed by atoms with E-state index in [0.717, 1.165) is 22.5 Å². The molecule has 4 nitrogen and oxygen atoms in total. The molecule has 0 fully saturated rings. The molecular weight excluding hydrogens is 224 g/mol. The fourth-order valence-electron chi connectivity index (χ4n) is 1.98.